The quantitative estimate of drug-likeness (QED) is 0.721. The van der Waals surface area contributed by atoms with Gasteiger partial charge in [0.25, 0.3) is 0 Å². The molecule has 0 heterocycles. The molecule has 72 valence electrons. The van der Waals surface area contributed by atoms with Gasteiger partial charge in [-0.2, -0.15) is 0 Å². The van der Waals surface area contributed by atoms with Crippen LogP contribution in [0, 0.1) is 6.92 Å². The Morgan fingerprint density at radius 1 is 1.38 bits per heavy atom. The molecule has 1 rings (SSSR count). The number of phenolic OH excluding ortho intramolecular Hbond substituents is 1. The highest BCUT2D eigenvalue weighted by molar-refractivity contribution is 5.74. The van der Waals surface area contributed by atoms with Crippen LogP contribution >= 0.6 is 0 Å². The summed E-state index contributed by atoms with van der Waals surface area (Å²) in [5, 5.41) is 8.92. The molecule has 2 nitrogen and oxygen atoms in total. The Labute approximate surface area is 79.2 Å². The van der Waals surface area contributed by atoms with Gasteiger partial charge in [-0.25, -0.2) is 0 Å². The van der Waals surface area contributed by atoms with Crippen LogP contribution in [0.25, 0.3) is 0 Å². The number of aromatic hydroxyl groups is 1. The van der Waals surface area contributed by atoms with Crippen molar-refractivity contribution < 1.29 is 9.90 Å². The number of hydrogen-bond donors (Lipinski definition) is 1. The number of phenols is 1. The van der Waals surface area contributed by atoms with Crippen molar-refractivity contribution in [3.05, 3.63) is 29.8 Å². The Morgan fingerprint density at radius 2 is 1.85 bits per heavy atom. The van der Waals surface area contributed by atoms with Crippen LogP contribution in [0.2, 0.25) is 0 Å². The third-order valence-electron chi connectivity index (χ3n) is 1.61. The van der Waals surface area contributed by atoms with E-state index >= 15 is 0 Å². The summed E-state index contributed by atoms with van der Waals surface area (Å²) in [5.74, 6) is 0.623. The van der Waals surface area contributed by atoms with Crippen LogP contribution in [-0.4, -0.2) is 10.9 Å². The first-order valence-corrected chi connectivity index (χ1v) is 4.32. The topological polar surface area (TPSA) is 37.3 Å². The molecule has 0 fully saturated rings. The van der Waals surface area contributed by atoms with Crippen LogP contribution in [0.3, 0.4) is 0 Å². The number of benzene rings is 1. The molecule has 13 heavy (non-hydrogen) atoms. The third-order valence-corrected chi connectivity index (χ3v) is 1.61. The normalized spacial score (nSPS) is 8.54. The van der Waals surface area contributed by atoms with Crippen LogP contribution in [0.15, 0.2) is 24.3 Å². The number of ketones is 1. The average Bonchev–Trinajstić information content (AvgIpc) is 2.11. The second-order valence-electron chi connectivity index (χ2n) is 2.84. The number of aryl methyl sites for hydroxylation is 1. The van der Waals surface area contributed by atoms with Crippen LogP contribution in [0.5, 0.6) is 5.75 Å². The monoisotopic (exact) mass is 180 g/mol. The number of carbonyl (C=O) groups is 1. The summed E-state index contributed by atoms with van der Waals surface area (Å²) < 4.78 is 0. The molecular weight excluding hydrogens is 164 g/mol. The van der Waals surface area contributed by atoms with E-state index in [1.807, 2.05) is 32.0 Å². The minimum Gasteiger partial charge on any atom is -0.508 e. The molecule has 0 amide bonds. The van der Waals surface area contributed by atoms with E-state index in [0.717, 1.165) is 5.56 Å². The van der Waals surface area contributed by atoms with E-state index in [4.69, 9.17) is 5.11 Å². The van der Waals surface area contributed by atoms with Gasteiger partial charge in [0, 0.05) is 6.42 Å². The third kappa shape index (κ3) is 5.91. The minimum atomic E-state index is 0.255. The SMILES string of the molecule is CCC(C)=O.Cc1ccccc1O. The highest BCUT2D eigenvalue weighted by atomic mass is 16.3. The molecule has 0 saturated carbocycles. The van der Waals surface area contributed by atoms with Gasteiger partial charge in [0.05, 0.1) is 0 Å². The standard InChI is InChI=1S/C7H8O.C4H8O/c1-6-4-2-3-5-7(6)8;1-3-4(2)5/h2-5,8H,1H3;3H2,1-2H3. The van der Waals surface area contributed by atoms with E-state index in [9.17, 15) is 4.79 Å². The van der Waals surface area contributed by atoms with Gasteiger partial charge in [0.2, 0.25) is 0 Å². The van der Waals surface area contributed by atoms with Gasteiger partial charge in [-0.05, 0) is 25.5 Å². The molecule has 0 atom stereocenters. The average molecular weight is 180 g/mol. The van der Waals surface area contributed by atoms with Crippen molar-refractivity contribution in [3.8, 4) is 5.75 Å². The van der Waals surface area contributed by atoms with Gasteiger partial charge < -0.3 is 9.90 Å². The lowest BCUT2D eigenvalue weighted by Crippen LogP contribution is -1.80. The Morgan fingerprint density at radius 3 is 2.08 bits per heavy atom. The van der Waals surface area contributed by atoms with Crippen molar-refractivity contribution in [2.24, 2.45) is 0 Å². The van der Waals surface area contributed by atoms with Crippen LogP contribution in [-0.2, 0) is 4.79 Å². The fraction of sp³-hybridized carbons (Fsp3) is 0.364. The molecular formula is C11H16O2. The van der Waals surface area contributed by atoms with Crippen LogP contribution in [0.4, 0.5) is 0 Å². The highest BCUT2D eigenvalue weighted by Gasteiger charge is 1.87. The lowest BCUT2D eigenvalue weighted by Gasteiger charge is -1.92. The van der Waals surface area contributed by atoms with Crippen LogP contribution < -0.4 is 0 Å². The number of Topliss-reactive ketones (excluding diaryl/α,β-unsaturated/α-hetero) is 1. The summed E-state index contributed by atoms with van der Waals surface area (Å²) in [6.45, 7) is 5.30. The second kappa shape index (κ2) is 6.23. The van der Waals surface area contributed by atoms with E-state index in [0.29, 0.717) is 12.2 Å². The maximum Gasteiger partial charge on any atom is 0.129 e. The van der Waals surface area contributed by atoms with Crippen molar-refractivity contribution in [3.63, 3.8) is 0 Å². The molecule has 0 unspecified atom stereocenters. The molecule has 0 spiro atoms. The largest absolute Gasteiger partial charge is 0.508 e. The van der Waals surface area contributed by atoms with Gasteiger partial charge in [-0.3, -0.25) is 0 Å². The number of para-hydroxylation sites is 1. The van der Waals surface area contributed by atoms with Crippen molar-refractivity contribution >= 4 is 5.78 Å². The van der Waals surface area contributed by atoms with Gasteiger partial charge in [0.1, 0.15) is 11.5 Å². The summed E-state index contributed by atoms with van der Waals surface area (Å²) in [7, 11) is 0. The molecule has 0 aromatic heterocycles. The predicted molar refractivity (Wildman–Crippen MR) is 53.8 cm³/mol. The molecule has 0 aliphatic heterocycles. The van der Waals surface area contributed by atoms with Gasteiger partial charge in [-0.15, -0.1) is 0 Å². The molecule has 0 aliphatic carbocycles. The highest BCUT2D eigenvalue weighted by Crippen LogP contribution is 2.12. The van der Waals surface area contributed by atoms with Crippen molar-refractivity contribution in [2.75, 3.05) is 0 Å². The van der Waals surface area contributed by atoms with Gasteiger partial charge >= 0.3 is 0 Å². The molecule has 1 aromatic carbocycles. The van der Waals surface area contributed by atoms with Crippen molar-refractivity contribution in [1.29, 1.82) is 0 Å². The van der Waals surface area contributed by atoms with E-state index in [-0.39, 0.29) is 5.78 Å². The molecule has 0 saturated heterocycles. The Kier molecular flexibility index (Phi) is 5.60. The van der Waals surface area contributed by atoms with Gasteiger partial charge in [0.15, 0.2) is 0 Å². The zero-order chi connectivity index (χ0) is 10.3. The smallest absolute Gasteiger partial charge is 0.129 e. The number of carbonyl (C=O) groups excluding carboxylic acids is 1. The zero-order valence-corrected chi connectivity index (χ0v) is 8.37. The molecule has 0 radical (unpaired) electrons. The minimum absolute atomic E-state index is 0.255. The zero-order valence-electron chi connectivity index (χ0n) is 8.37. The van der Waals surface area contributed by atoms with E-state index in [1.54, 1.807) is 13.0 Å². The lowest BCUT2D eigenvalue weighted by molar-refractivity contribution is -0.116. The second-order valence-corrected chi connectivity index (χ2v) is 2.84. The lowest BCUT2D eigenvalue weighted by atomic mass is 10.2. The van der Waals surface area contributed by atoms with E-state index in [1.165, 1.54) is 0 Å². The summed E-state index contributed by atoms with van der Waals surface area (Å²) in [6, 6.07) is 7.25. The molecule has 2 heteroatoms. The Hall–Kier alpha value is -1.31. The Balaban J connectivity index is 0.000000252. The maximum absolute atomic E-state index is 9.81. The number of rotatable bonds is 1. The predicted octanol–water partition coefficient (Wildman–Crippen LogP) is 2.69. The number of hydrogen-bond acceptors (Lipinski definition) is 2. The van der Waals surface area contributed by atoms with Crippen molar-refractivity contribution in [2.45, 2.75) is 27.2 Å². The summed E-state index contributed by atoms with van der Waals surface area (Å²) in [5.41, 5.74) is 0.924. The van der Waals surface area contributed by atoms with E-state index < -0.39 is 0 Å². The molecule has 0 aliphatic rings. The molecule has 0 bridgehead atoms. The first kappa shape index (κ1) is 11.7. The summed E-state index contributed by atoms with van der Waals surface area (Å²) >= 11 is 0. The maximum atomic E-state index is 9.81. The van der Waals surface area contributed by atoms with Crippen LogP contribution in [0.1, 0.15) is 25.8 Å². The first-order chi connectivity index (χ1) is 6.07. The molecule has 1 aromatic rings. The first-order valence-electron chi connectivity index (χ1n) is 4.32. The molecule has 1 N–H and O–H groups in total. The van der Waals surface area contributed by atoms with E-state index in [2.05, 4.69) is 0 Å². The summed E-state index contributed by atoms with van der Waals surface area (Å²) in [6.07, 6.45) is 0.667. The fourth-order valence-corrected chi connectivity index (χ4v) is 0.563. The van der Waals surface area contributed by atoms with Crippen molar-refractivity contribution in [1.82, 2.24) is 0 Å². The van der Waals surface area contributed by atoms with Gasteiger partial charge in [-0.1, -0.05) is 25.1 Å². The Bertz CT molecular complexity index is 246. The summed E-state index contributed by atoms with van der Waals surface area (Å²) in [4.78, 5) is 9.81. The fourth-order valence-electron chi connectivity index (χ4n) is 0.563.